The van der Waals surface area contributed by atoms with E-state index in [-0.39, 0.29) is 5.76 Å². The second-order valence-corrected chi connectivity index (χ2v) is 3.88. The maximum absolute atomic E-state index is 10.7. The lowest BCUT2D eigenvalue weighted by Gasteiger charge is -2.19. The third-order valence-corrected chi connectivity index (χ3v) is 2.67. The molecule has 0 aliphatic heterocycles. The van der Waals surface area contributed by atoms with Crippen LogP contribution < -0.4 is 0 Å². The monoisotopic (exact) mass is 230 g/mol. The average molecular weight is 230 g/mol. The number of aldehydes is 1. The number of ether oxygens (including phenoxy) is 1. The van der Waals surface area contributed by atoms with E-state index in [0.29, 0.717) is 24.9 Å². The van der Waals surface area contributed by atoms with Crippen LogP contribution in [0.15, 0.2) is 53.8 Å². The van der Waals surface area contributed by atoms with Crippen molar-refractivity contribution >= 4 is 6.29 Å². The van der Waals surface area contributed by atoms with Crippen molar-refractivity contribution < 1.29 is 14.6 Å². The first-order valence-electron chi connectivity index (χ1n) is 5.51. The lowest BCUT2D eigenvalue weighted by Crippen LogP contribution is -2.19. The minimum atomic E-state index is -0.416. The summed E-state index contributed by atoms with van der Waals surface area (Å²) in [6.07, 6.45) is 4.27. The molecule has 3 heteroatoms. The Morgan fingerprint density at radius 2 is 2.12 bits per heavy atom. The highest BCUT2D eigenvalue weighted by molar-refractivity contribution is 5.78. The van der Waals surface area contributed by atoms with Crippen LogP contribution in [-0.2, 0) is 16.1 Å². The molecular weight excluding hydrogens is 216 g/mol. The Balaban J connectivity index is 1.99. The van der Waals surface area contributed by atoms with Crippen molar-refractivity contribution in [1.29, 1.82) is 0 Å². The van der Waals surface area contributed by atoms with Gasteiger partial charge in [0.25, 0.3) is 0 Å². The number of rotatable bonds is 4. The highest BCUT2D eigenvalue weighted by Gasteiger charge is 2.19. The van der Waals surface area contributed by atoms with Crippen LogP contribution in [0.4, 0.5) is 0 Å². The van der Waals surface area contributed by atoms with E-state index in [1.54, 1.807) is 6.08 Å². The number of benzene rings is 1. The van der Waals surface area contributed by atoms with Crippen molar-refractivity contribution in [2.24, 2.45) is 0 Å². The summed E-state index contributed by atoms with van der Waals surface area (Å²) in [6, 6.07) is 9.73. The number of carbonyl (C=O) groups is 1. The van der Waals surface area contributed by atoms with E-state index >= 15 is 0 Å². The van der Waals surface area contributed by atoms with Crippen molar-refractivity contribution in [2.45, 2.75) is 19.1 Å². The van der Waals surface area contributed by atoms with Gasteiger partial charge in [-0.15, -0.1) is 0 Å². The van der Waals surface area contributed by atoms with E-state index in [4.69, 9.17) is 4.74 Å². The lowest BCUT2D eigenvalue weighted by atomic mass is 10.0. The van der Waals surface area contributed by atoms with Crippen molar-refractivity contribution in [3.63, 3.8) is 0 Å². The van der Waals surface area contributed by atoms with E-state index in [0.717, 1.165) is 5.56 Å². The van der Waals surface area contributed by atoms with E-state index in [1.165, 1.54) is 0 Å². The van der Waals surface area contributed by atoms with Gasteiger partial charge in [0.15, 0.2) is 6.29 Å². The quantitative estimate of drug-likeness (QED) is 0.808. The Labute approximate surface area is 100 Å². The standard InChI is InChI=1S/C14H14O3/c15-9-12-7-4-8-13(14(12)16)17-10-11-5-2-1-3-6-11/h1-7,9,13,16H,8,10H2. The molecule has 1 N–H and O–H groups in total. The number of allylic oxidation sites excluding steroid dienone is 2. The molecule has 0 saturated carbocycles. The summed E-state index contributed by atoms with van der Waals surface area (Å²) >= 11 is 0. The molecule has 1 atom stereocenters. The summed E-state index contributed by atoms with van der Waals surface area (Å²) in [4.78, 5) is 10.7. The van der Waals surface area contributed by atoms with Gasteiger partial charge in [-0.05, 0) is 12.0 Å². The van der Waals surface area contributed by atoms with Gasteiger partial charge in [-0.1, -0.05) is 42.5 Å². The third-order valence-electron chi connectivity index (χ3n) is 2.67. The fraction of sp³-hybridized carbons (Fsp3) is 0.214. The maximum Gasteiger partial charge on any atom is 0.153 e. The molecular formula is C14H14O3. The van der Waals surface area contributed by atoms with Gasteiger partial charge in [-0.25, -0.2) is 0 Å². The molecule has 1 aliphatic carbocycles. The molecule has 3 nitrogen and oxygen atoms in total. The predicted molar refractivity (Wildman–Crippen MR) is 64.5 cm³/mol. The SMILES string of the molecule is O=CC1=C(O)C(OCc2ccccc2)CC=C1. The summed E-state index contributed by atoms with van der Waals surface area (Å²) in [5.74, 6) is 0.0263. The van der Waals surface area contributed by atoms with Gasteiger partial charge in [0.05, 0.1) is 12.2 Å². The lowest BCUT2D eigenvalue weighted by molar-refractivity contribution is -0.105. The number of aliphatic hydroxyl groups is 1. The van der Waals surface area contributed by atoms with Crippen LogP contribution in [0.2, 0.25) is 0 Å². The van der Waals surface area contributed by atoms with Crippen molar-refractivity contribution in [2.75, 3.05) is 0 Å². The fourth-order valence-corrected chi connectivity index (χ4v) is 1.72. The molecule has 0 bridgehead atoms. The molecule has 2 rings (SSSR count). The van der Waals surface area contributed by atoms with Gasteiger partial charge in [-0.2, -0.15) is 0 Å². The molecule has 0 saturated heterocycles. The highest BCUT2D eigenvalue weighted by Crippen LogP contribution is 2.20. The molecule has 0 fully saturated rings. The Morgan fingerprint density at radius 3 is 2.82 bits per heavy atom. The Bertz CT molecular complexity index is 446. The molecule has 1 aromatic carbocycles. The van der Waals surface area contributed by atoms with Gasteiger partial charge in [-0.3, -0.25) is 4.79 Å². The number of hydrogen-bond donors (Lipinski definition) is 1. The molecule has 1 unspecified atom stereocenters. The van der Waals surface area contributed by atoms with Crippen LogP contribution in [0, 0.1) is 0 Å². The Kier molecular flexibility index (Phi) is 3.73. The molecule has 17 heavy (non-hydrogen) atoms. The van der Waals surface area contributed by atoms with E-state index in [1.807, 2.05) is 36.4 Å². The number of hydrogen-bond acceptors (Lipinski definition) is 3. The Morgan fingerprint density at radius 1 is 1.35 bits per heavy atom. The molecule has 0 spiro atoms. The molecule has 0 aromatic heterocycles. The second-order valence-electron chi connectivity index (χ2n) is 3.88. The third kappa shape index (κ3) is 2.82. The van der Waals surface area contributed by atoms with Crippen LogP contribution in [-0.4, -0.2) is 17.5 Å². The predicted octanol–water partition coefficient (Wildman–Crippen LogP) is 2.54. The van der Waals surface area contributed by atoms with Crippen LogP contribution in [0.25, 0.3) is 0 Å². The maximum atomic E-state index is 10.7. The average Bonchev–Trinajstić information content (AvgIpc) is 2.39. The summed E-state index contributed by atoms with van der Waals surface area (Å²) < 4.78 is 5.60. The zero-order valence-electron chi connectivity index (χ0n) is 9.37. The zero-order valence-corrected chi connectivity index (χ0v) is 9.37. The van der Waals surface area contributed by atoms with Gasteiger partial charge >= 0.3 is 0 Å². The summed E-state index contributed by atoms with van der Waals surface area (Å²) in [6.45, 7) is 0.426. The summed E-state index contributed by atoms with van der Waals surface area (Å²) in [5.41, 5.74) is 1.34. The topological polar surface area (TPSA) is 46.5 Å². The van der Waals surface area contributed by atoms with Gasteiger partial charge in [0.2, 0.25) is 0 Å². The zero-order chi connectivity index (χ0) is 12.1. The Hall–Kier alpha value is -1.87. The van der Waals surface area contributed by atoms with Crippen LogP contribution in [0.3, 0.4) is 0 Å². The molecule has 0 heterocycles. The number of aliphatic hydroxyl groups excluding tert-OH is 1. The van der Waals surface area contributed by atoms with Crippen LogP contribution in [0.1, 0.15) is 12.0 Å². The largest absolute Gasteiger partial charge is 0.509 e. The first-order chi connectivity index (χ1) is 8.31. The minimum Gasteiger partial charge on any atom is -0.509 e. The number of carbonyl (C=O) groups excluding carboxylic acids is 1. The first-order valence-corrected chi connectivity index (χ1v) is 5.51. The van der Waals surface area contributed by atoms with Gasteiger partial charge in [0.1, 0.15) is 11.9 Å². The van der Waals surface area contributed by atoms with E-state index in [9.17, 15) is 9.90 Å². The van der Waals surface area contributed by atoms with Crippen molar-refractivity contribution in [3.8, 4) is 0 Å². The van der Waals surface area contributed by atoms with E-state index < -0.39 is 6.10 Å². The summed E-state index contributed by atoms with van der Waals surface area (Å²) in [5, 5.41) is 9.78. The van der Waals surface area contributed by atoms with Crippen molar-refractivity contribution in [1.82, 2.24) is 0 Å². The van der Waals surface area contributed by atoms with E-state index in [2.05, 4.69) is 0 Å². The molecule has 1 aliphatic rings. The smallest absolute Gasteiger partial charge is 0.153 e. The molecule has 1 aromatic rings. The van der Waals surface area contributed by atoms with Crippen LogP contribution >= 0.6 is 0 Å². The highest BCUT2D eigenvalue weighted by atomic mass is 16.5. The molecule has 0 radical (unpaired) electrons. The fourth-order valence-electron chi connectivity index (χ4n) is 1.72. The normalized spacial score (nSPS) is 19.4. The molecule has 0 amide bonds. The van der Waals surface area contributed by atoms with Gasteiger partial charge < -0.3 is 9.84 Å². The minimum absolute atomic E-state index is 0.0263. The second kappa shape index (κ2) is 5.46. The first kappa shape index (κ1) is 11.6. The van der Waals surface area contributed by atoms with Crippen molar-refractivity contribution in [3.05, 3.63) is 59.4 Å². The molecule has 88 valence electrons. The van der Waals surface area contributed by atoms with Crippen LogP contribution in [0.5, 0.6) is 0 Å². The van der Waals surface area contributed by atoms with Gasteiger partial charge in [0, 0.05) is 0 Å². The summed E-state index contributed by atoms with van der Waals surface area (Å²) in [7, 11) is 0.